The van der Waals surface area contributed by atoms with Gasteiger partial charge < -0.3 is 10.5 Å². The van der Waals surface area contributed by atoms with E-state index in [1.54, 1.807) is 29.8 Å². The summed E-state index contributed by atoms with van der Waals surface area (Å²) in [4.78, 5) is 11.1. The number of rotatable bonds is 4. The molecule has 1 atom stereocenters. The summed E-state index contributed by atoms with van der Waals surface area (Å²) in [6.45, 7) is 2.23. The second kappa shape index (κ2) is 7.13. The van der Waals surface area contributed by atoms with Crippen LogP contribution >= 0.6 is 0 Å². The monoisotopic (exact) mass is 387 g/mol. The average Bonchev–Trinajstić information content (AvgIpc) is 3.02. The molecule has 8 nitrogen and oxygen atoms in total. The molecule has 8 heteroatoms. The van der Waals surface area contributed by atoms with Crippen LogP contribution in [0.5, 0.6) is 5.88 Å². The van der Waals surface area contributed by atoms with Crippen molar-refractivity contribution in [3.63, 3.8) is 0 Å². The molecule has 0 bridgehead atoms. The molecule has 3 aromatic rings. The topological polar surface area (TPSA) is 120 Å². The van der Waals surface area contributed by atoms with Gasteiger partial charge in [0.15, 0.2) is 0 Å². The first-order valence-electron chi connectivity index (χ1n) is 8.93. The Labute approximate surface area is 166 Å². The summed E-state index contributed by atoms with van der Waals surface area (Å²) in [6.07, 6.45) is 0. The number of nitro benzene ring substituents is 1. The molecule has 0 saturated carbocycles. The summed E-state index contributed by atoms with van der Waals surface area (Å²) in [7, 11) is 0. The van der Waals surface area contributed by atoms with Crippen molar-refractivity contribution >= 4 is 5.69 Å². The Balaban J connectivity index is 1.91. The second-order valence-corrected chi connectivity index (χ2v) is 6.69. The van der Waals surface area contributed by atoms with Crippen LogP contribution in [0.4, 0.5) is 5.69 Å². The van der Waals surface area contributed by atoms with Crippen LogP contribution in [0.3, 0.4) is 0 Å². The number of hydrogen-bond donors (Lipinski definition) is 1. The van der Waals surface area contributed by atoms with E-state index in [-0.39, 0.29) is 17.1 Å². The van der Waals surface area contributed by atoms with Gasteiger partial charge >= 0.3 is 0 Å². The van der Waals surface area contributed by atoms with Crippen molar-refractivity contribution in [2.45, 2.75) is 19.4 Å². The minimum absolute atomic E-state index is 0.0719. The first-order valence-corrected chi connectivity index (χ1v) is 8.93. The van der Waals surface area contributed by atoms with Crippen LogP contribution in [0.1, 0.15) is 28.3 Å². The number of nitro groups is 1. The number of fused-ring (bicyclic) bond motifs is 1. The zero-order valence-electron chi connectivity index (χ0n) is 15.6. The van der Waals surface area contributed by atoms with Crippen molar-refractivity contribution in [1.29, 1.82) is 5.26 Å². The minimum Gasteiger partial charge on any atom is -0.422 e. The number of aryl methyl sites for hydroxylation is 1. The first-order chi connectivity index (χ1) is 14.0. The van der Waals surface area contributed by atoms with Gasteiger partial charge in [-0.1, -0.05) is 48.5 Å². The van der Waals surface area contributed by atoms with Crippen LogP contribution in [0.25, 0.3) is 0 Å². The van der Waals surface area contributed by atoms with E-state index in [1.807, 2.05) is 30.3 Å². The largest absolute Gasteiger partial charge is 0.422 e. The molecule has 0 radical (unpaired) electrons. The van der Waals surface area contributed by atoms with Gasteiger partial charge in [0.05, 0.1) is 28.6 Å². The Hall–Kier alpha value is -4.12. The van der Waals surface area contributed by atoms with Crippen LogP contribution in [0, 0.1) is 28.4 Å². The van der Waals surface area contributed by atoms with Gasteiger partial charge in [-0.05, 0) is 12.5 Å². The fraction of sp³-hybridized carbons (Fsp3) is 0.143. The van der Waals surface area contributed by atoms with E-state index >= 15 is 0 Å². The number of nitrogens with zero attached hydrogens (tertiary/aromatic N) is 4. The van der Waals surface area contributed by atoms with Crippen LogP contribution in [-0.2, 0) is 6.54 Å². The summed E-state index contributed by atoms with van der Waals surface area (Å²) in [5.74, 6) is -0.404. The summed E-state index contributed by atoms with van der Waals surface area (Å²) in [5.41, 5.74) is 8.73. The minimum atomic E-state index is -0.727. The van der Waals surface area contributed by atoms with Gasteiger partial charge in [-0.2, -0.15) is 10.4 Å². The average molecular weight is 387 g/mol. The van der Waals surface area contributed by atoms with E-state index in [9.17, 15) is 15.4 Å². The molecule has 0 saturated heterocycles. The highest BCUT2D eigenvalue weighted by Gasteiger charge is 2.38. The Morgan fingerprint density at radius 3 is 2.62 bits per heavy atom. The van der Waals surface area contributed by atoms with Crippen LogP contribution in [0.15, 0.2) is 66.1 Å². The Kier molecular flexibility index (Phi) is 4.49. The molecular weight excluding hydrogens is 370 g/mol. The molecule has 0 spiro atoms. The summed E-state index contributed by atoms with van der Waals surface area (Å²) in [5, 5.41) is 25.9. The molecule has 0 fully saturated rings. The van der Waals surface area contributed by atoms with Crippen molar-refractivity contribution in [3.8, 4) is 11.9 Å². The van der Waals surface area contributed by atoms with Crippen LogP contribution < -0.4 is 10.5 Å². The number of nitriles is 1. The number of hydrogen-bond acceptors (Lipinski definition) is 6. The smallest absolute Gasteiger partial charge is 0.273 e. The number of ether oxygens (including phenoxy) is 1. The highest BCUT2D eigenvalue weighted by molar-refractivity contribution is 5.60. The lowest BCUT2D eigenvalue weighted by molar-refractivity contribution is -0.385. The number of aromatic nitrogens is 2. The molecule has 2 heterocycles. The lowest BCUT2D eigenvalue weighted by Crippen LogP contribution is -2.23. The van der Waals surface area contributed by atoms with Crippen molar-refractivity contribution in [2.75, 3.05) is 0 Å². The van der Waals surface area contributed by atoms with Crippen LogP contribution in [-0.4, -0.2) is 14.7 Å². The number of nitrogens with two attached hydrogens (primary N) is 1. The zero-order chi connectivity index (χ0) is 20.5. The van der Waals surface area contributed by atoms with Gasteiger partial charge in [0.2, 0.25) is 11.8 Å². The fourth-order valence-corrected chi connectivity index (χ4v) is 3.65. The lowest BCUT2D eigenvalue weighted by atomic mass is 9.83. The molecule has 0 amide bonds. The van der Waals surface area contributed by atoms with E-state index in [2.05, 4.69) is 11.2 Å². The standard InChI is InChI=1S/C21H17N5O3/c1-13-18-19(15-9-5-6-10-17(15)26(27)28)16(11-22)20(23)29-21(18)25(24-13)12-14-7-3-2-4-8-14/h2-10,19H,12,23H2,1H3. The maximum atomic E-state index is 11.6. The maximum absolute atomic E-state index is 11.6. The highest BCUT2D eigenvalue weighted by Crippen LogP contribution is 2.46. The molecule has 1 aliphatic heterocycles. The Morgan fingerprint density at radius 2 is 1.93 bits per heavy atom. The Bertz CT molecular complexity index is 1170. The van der Waals surface area contributed by atoms with E-state index in [1.165, 1.54) is 6.07 Å². The number of para-hydroxylation sites is 1. The third kappa shape index (κ3) is 3.08. The zero-order valence-corrected chi connectivity index (χ0v) is 15.6. The van der Waals surface area contributed by atoms with Crippen molar-refractivity contribution in [1.82, 2.24) is 9.78 Å². The molecule has 0 aliphatic carbocycles. The normalized spacial score (nSPS) is 15.4. The predicted octanol–water partition coefficient (Wildman–Crippen LogP) is 3.37. The molecule has 1 aromatic heterocycles. The van der Waals surface area contributed by atoms with Crippen molar-refractivity contribution in [2.24, 2.45) is 5.73 Å². The SMILES string of the molecule is Cc1nn(Cc2ccccc2)c2c1C(c1ccccc1[N+](=O)[O-])C(C#N)=C(N)O2. The first kappa shape index (κ1) is 18.3. The number of benzene rings is 2. The van der Waals surface area contributed by atoms with Crippen molar-refractivity contribution < 1.29 is 9.66 Å². The molecule has 144 valence electrons. The van der Waals surface area contributed by atoms with Gasteiger partial charge in [-0.3, -0.25) is 10.1 Å². The molecule has 2 aromatic carbocycles. The maximum Gasteiger partial charge on any atom is 0.273 e. The molecule has 4 rings (SSSR count). The third-order valence-corrected chi connectivity index (χ3v) is 4.91. The third-order valence-electron chi connectivity index (χ3n) is 4.91. The van der Waals surface area contributed by atoms with Gasteiger partial charge in [0.25, 0.3) is 5.69 Å². The molecule has 1 unspecified atom stereocenters. The van der Waals surface area contributed by atoms with Crippen molar-refractivity contribution in [3.05, 3.63) is 98.6 Å². The van der Waals surface area contributed by atoms with E-state index in [0.29, 0.717) is 29.2 Å². The Morgan fingerprint density at radius 1 is 1.24 bits per heavy atom. The highest BCUT2D eigenvalue weighted by atomic mass is 16.6. The molecule has 29 heavy (non-hydrogen) atoms. The lowest BCUT2D eigenvalue weighted by Gasteiger charge is -2.24. The fourth-order valence-electron chi connectivity index (χ4n) is 3.65. The van der Waals surface area contributed by atoms with Gasteiger partial charge in [-0.15, -0.1) is 0 Å². The molecule has 1 aliphatic rings. The van der Waals surface area contributed by atoms with E-state index < -0.39 is 10.8 Å². The summed E-state index contributed by atoms with van der Waals surface area (Å²) >= 11 is 0. The van der Waals surface area contributed by atoms with Gasteiger partial charge in [0.1, 0.15) is 11.6 Å². The van der Waals surface area contributed by atoms with Gasteiger partial charge in [-0.25, -0.2) is 4.68 Å². The predicted molar refractivity (Wildman–Crippen MR) is 105 cm³/mol. The van der Waals surface area contributed by atoms with E-state index in [0.717, 1.165) is 5.56 Å². The summed E-state index contributed by atoms with van der Waals surface area (Å²) in [6, 6.07) is 18.1. The van der Waals surface area contributed by atoms with E-state index in [4.69, 9.17) is 10.5 Å². The second-order valence-electron chi connectivity index (χ2n) is 6.69. The molecular formula is C21H17N5O3. The quantitative estimate of drug-likeness (QED) is 0.541. The summed E-state index contributed by atoms with van der Waals surface area (Å²) < 4.78 is 7.45. The molecule has 2 N–H and O–H groups in total. The number of allylic oxidation sites excluding steroid dienone is 1. The van der Waals surface area contributed by atoms with Gasteiger partial charge in [0, 0.05) is 11.6 Å². The van der Waals surface area contributed by atoms with Crippen LogP contribution in [0.2, 0.25) is 0 Å².